The molecule has 134 valence electrons. The number of rotatable bonds is 4. The SMILES string of the molecule is CN(C)CCC1N(O)c2ccc(F)c(F)c2N1c1ccc(F)c(Br)c1. The number of fused-ring (bicyclic) bond motifs is 1. The molecule has 2 aromatic rings. The Morgan fingerprint density at radius 1 is 1.12 bits per heavy atom. The molecular weight excluding hydrogens is 399 g/mol. The number of hydrogen-bond donors (Lipinski definition) is 1. The molecule has 0 bridgehead atoms. The Morgan fingerprint density at radius 2 is 1.80 bits per heavy atom. The van der Waals surface area contributed by atoms with Gasteiger partial charge in [-0.1, -0.05) is 0 Å². The molecule has 25 heavy (non-hydrogen) atoms. The van der Waals surface area contributed by atoms with Crippen molar-refractivity contribution in [3.05, 3.63) is 52.3 Å². The van der Waals surface area contributed by atoms with E-state index in [0.29, 0.717) is 18.7 Å². The van der Waals surface area contributed by atoms with E-state index in [1.54, 1.807) is 0 Å². The van der Waals surface area contributed by atoms with Crippen LogP contribution in [-0.2, 0) is 0 Å². The van der Waals surface area contributed by atoms with Gasteiger partial charge in [0, 0.05) is 18.7 Å². The van der Waals surface area contributed by atoms with E-state index in [4.69, 9.17) is 0 Å². The Hall–Kier alpha value is -1.77. The molecule has 0 saturated carbocycles. The zero-order chi connectivity index (χ0) is 18.3. The highest BCUT2D eigenvalue weighted by Gasteiger charge is 2.39. The van der Waals surface area contributed by atoms with E-state index in [9.17, 15) is 18.4 Å². The maximum absolute atomic E-state index is 14.5. The third-order valence-electron chi connectivity index (χ3n) is 4.13. The van der Waals surface area contributed by atoms with Gasteiger partial charge in [0.1, 0.15) is 17.7 Å². The van der Waals surface area contributed by atoms with E-state index in [-0.39, 0.29) is 15.8 Å². The lowest BCUT2D eigenvalue weighted by molar-refractivity contribution is 0.213. The van der Waals surface area contributed by atoms with Crippen molar-refractivity contribution in [1.29, 1.82) is 0 Å². The first-order valence-electron chi connectivity index (χ1n) is 7.66. The monoisotopic (exact) mass is 415 g/mol. The van der Waals surface area contributed by atoms with Crippen molar-refractivity contribution < 1.29 is 18.4 Å². The second-order valence-corrected chi connectivity index (χ2v) is 6.97. The predicted octanol–water partition coefficient (Wildman–Crippen LogP) is 4.49. The van der Waals surface area contributed by atoms with Crippen LogP contribution in [0.15, 0.2) is 34.8 Å². The van der Waals surface area contributed by atoms with Gasteiger partial charge in [0.25, 0.3) is 0 Å². The van der Waals surface area contributed by atoms with Gasteiger partial charge in [0.05, 0.1) is 10.2 Å². The Kier molecular flexibility index (Phi) is 4.95. The van der Waals surface area contributed by atoms with Crippen molar-refractivity contribution in [1.82, 2.24) is 4.90 Å². The molecule has 2 aromatic carbocycles. The van der Waals surface area contributed by atoms with E-state index in [1.165, 1.54) is 29.2 Å². The molecule has 1 heterocycles. The topological polar surface area (TPSA) is 30.0 Å². The van der Waals surface area contributed by atoms with Crippen LogP contribution in [0.1, 0.15) is 6.42 Å². The van der Waals surface area contributed by atoms with Gasteiger partial charge in [-0.15, -0.1) is 0 Å². The minimum absolute atomic E-state index is 0.0650. The number of anilines is 3. The summed E-state index contributed by atoms with van der Waals surface area (Å²) >= 11 is 3.11. The van der Waals surface area contributed by atoms with E-state index in [1.807, 2.05) is 19.0 Å². The fourth-order valence-electron chi connectivity index (χ4n) is 2.92. The fraction of sp³-hybridized carbons (Fsp3) is 0.294. The molecule has 1 aliphatic rings. The Labute approximate surface area is 152 Å². The average molecular weight is 416 g/mol. The fourth-order valence-corrected chi connectivity index (χ4v) is 3.29. The summed E-state index contributed by atoms with van der Waals surface area (Å²) in [5.74, 6) is -2.52. The third-order valence-corrected chi connectivity index (χ3v) is 4.74. The highest BCUT2D eigenvalue weighted by molar-refractivity contribution is 9.10. The standard InChI is InChI=1S/C17H17BrF3N3O/c1-22(2)8-7-15-23(10-3-4-12(19)11(18)9-10)17-14(24(15)25)6-5-13(20)16(17)21/h3-6,9,15,25H,7-8H2,1-2H3. The largest absolute Gasteiger partial charge is 0.314 e. The minimum atomic E-state index is -1.05. The molecule has 0 aromatic heterocycles. The maximum Gasteiger partial charge on any atom is 0.184 e. The number of nitrogens with zero attached hydrogens (tertiary/aromatic N) is 3. The van der Waals surface area contributed by atoms with Crippen molar-refractivity contribution in [2.45, 2.75) is 12.6 Å². The van der Waals surface area contributed by atoms with Gasteiger partial charge >= 0.3 is 0 Å². The maximum atomic E-state index is 14.5. The molecule has 0 spiro atoms. The average Bonchev–Trinajstić information content (AvgIpc) is 2.84. The van der Waals surface area contributed by atoms with Gasteiger partial charge in [-0.2, -0.15) is 0 Å². The minimum Gasteiger partial charge on any atom is -0.314 e. The smallest absolute Gasteiger partial charge is 0.184 e. The molecule has 1 N–H and O–H groups in total. The Morgan fingerprint density at radius 3 is 2.44 bits per heavy atom. The number of hydrogen-bond acceptors (Lipinski definition) is 4. The summed E-state index contributed by atoms with van der Waals surface area (Å²) in [6.07, 6.45) is -0.195. The summed E-state index contributed by atoms with van der Waals surface area (Å²) in [6.45, 7) is 0.610. The molecule has 8 heteroatoms. The highest BCUT2D eigenvalue weighted by Crippen LogP contribution is 2.46. The van der Waals surface area contributed by atoms with E-state index < -0.39 is 23.6 Å². The normalized spacial score (nSPS) is 16.7. The van der Waals surface area contributed by atoms with Crippen LogP contribution in [0.5, 0.6) is 0 Å². The van der Waals surface area contributed by atoms with Crippen molar-refractivity contribution in [3.63, 3.8) is 0 Å². The van der Waals surface area contributed by atoms with Crippen molar-refractivity contribution in [2.24, 2.45) is 0 Å². The molecule has 4 nitrogen and oxygen atoms in total. The third kappa shape index (κ3) is 3.21. The lowest BCUT2D eigenvalue weighted by atomic mass is 10.2. The quantitative estimate of drug-likeness (QED) is 0.796. The van der Waals surface area contributed by atoms with Crippen molar-refractivity contribution in [2.75, 3.05) is 30.6 Å². The molecule has 0 saturated heterocycles. The summed E-state index contributed by atoms with van der Waals surface area (Å²) in [7, 11) is 3.76. The van der Waals surface area contributed by atoms with E-state index in [0.717, 1.165) is 11.1 Å². The highest BCUT2D eigenvalue weighted by atomic mass is 79.9. The van der Waals surface area contributed by atoms with Gasteiger partial charge in [-0.25, -0.2) is 18.2 Å². The predicted molar refractivity (Wildman–Crippen MR) is 93.8 cm³/mol. The van der Waals surface area contributed by atoms with Crippen LogP contribution >= 0.6 is 15.9 Å². The second kappa shape index (κ2) is 6.86. The van der Waals surface area contributed by atoms with Gasteiger partial charge in [-0.3, -0.25) is 5.21 Å². The Bertz CT molecular complexity index is 803. The lowest BCUT2D eigenvalue weighted by Crippen LogP contribution is -2.41. The number of benzene rings is 2. The van der Waals surface area contributed by atoms with Crippen LogP contribution in [0.3, 0.4) is 0 Å². The number of halogens is 4. The molecule has 0 amide bonds. The summed E-state index contributed by atoms with van der Waals surface area (Å²) in [5, 5.41) is 11.5. The molecule has 3 rings (SSSR count). The van der Waals surface area contributed by atoms with Crippen LogP contribution in [0.4, 0.5) is 30.2 Å². The first kappa shape index (κ1) is 18.0. The van der Waals surface area contributed by atoms with Crippen LogP contribution in [0.2, 0.25) is 0 Å². The second-order valence-electron chi connectivity index (χ2n) is 6.11. The summed E-state index contributed by atoms with van der Waals surface area (Å²) in [4.78, 5) is 3.41. The van der Waals surface area contributed by atoms with E-state index >= 15 is 0 Å². The summed E-state index contributed by atoms with van der Waals surface area (Å²) in [6, 6.07) is 6.49. The van der Waals surface area contributed by atoms with E-state index in [2.05, 4.69) is 15.9 Å². The lowest BCUT2D eigenvalue weighted by Gasteiger charge is -2.30. The van der Waals surface area contributed by atoms with Gasteiger partial charge in [0.2, 0.25) is 0 Å². The molecule has 1 unspecified atom stereocenters. The van der Waals surface area contributed by atoms with Crippen molar-refractivity contribution >= 4 is 33.0 Å². The van der Waals surface area contributed by atoms with Crippen molar-refractivity contribution in [3.8, 4) is 0 Å². The zero-order valence-electron chi connectivity index (χ0n) is 13.7. The number of hydroxylamine groups is 1. The van der Waals surface area contributed by atoms with Crippen LogP contribution in [0.25, 0.3) is 0 Å². The first-order valence-corrected chi connectivity index (χ1v) is 8.45. The molecular formula is C17H17BrF3N3O. The summed E-state index contributed by atoms with van der Waals surface area (Å²) in [5.41, 5.74) is 0.548. The molecule has 1 aliphatic heterocycles. The van der Waals surface area contributed by atoms with Gasteiger partial charge in [0.15, 0.2) is 11.6 Å². The van der Waals surface area contributed by atoms with Gasteiger partial charge < -0.3 is 9.80 Å². The van der Waals surface area contributed by atoms with Crippen LogP contribution in [0, 0.1) is 17.5 Å². The van der Waals surface area contributed by atoms with Crippen LogP contribution < -0.4 is 9.96 Å². The summed E-state index contributed by atoms with van der Waals surface area (Å²) < 4.78 is 42.1. The molecule has 0 aliphatic carbocycles. The zero-order valence-corrected chi connectivity index (χ0v) is 15.3. The van der Waals surface area contributed by atoms with Crippen LogP contribution in [-0.4, -0.2) is 36.9 Å². The molecule has 0 fully saturated rings. The molecule has 0 radical (unpaired) electrons. The molecule has 1 atom stereocenters. The van der Waals surface area contributed by atoms with Gasteiger partial charge in [-0.05, 0) is 60.4 Å². The first-order chi connectivity index (χ1) is 11.8. The Balaban J connectivity index is 2.13.